The molecule has 28 heavy (non-hydrogen) atoms. The summed E-state index contributed by atoms with van der Waals surface area (Å²) in [5.41, 5.74) is 1.89. The molecule has 3 aromatic rings. The fourth-order valence-electron chi connectivity index (χ4n) is 3.07. The number of fused-ring (bicyclic) bond motifs is 1. The van der Waals surface area contributed by atoms with Gasteiger partial charge in [-0.2, -0.15) is 0 Å². The molecule has 0 bridgehead atoms. The van der Waals surface area contributed by atoms with Gasteiger partial charge in [0.05, 0.1) is 23.9 Å². The lowest BCUT2D eigenvalue weighted by atomic mass is 10.1. The highest BCUT2D eigenvalue weighted by molar-refractivity contribution is 6.34. The van der Waals surface area contributed by atoms with Gasteiger partial charge in [-0.25, -0.2) is 4.90 Å². The average molecular weight is 372 g/mol. The summed E-state index contributed by atoms with van der Waals surface area (Å²) >= 11 is 0. The van der Waals surface area contributed by atoms with E-state index in [4.69, 9.17) is 4.74 Å². The molecule has 6 nitrogen and oxygen atoms in total. The highest BCUT2D eigenvalue weighted by atomic mass is 16.5. The van der Waals surface area contributed by atoms with Crippen LogP contribution in [0.2, 0.25) is 0 Å². The molecule has 3 amide bonds. The van der Waals surface area contributed by atoms with Crippen LogP contribution in [-0.4, -0.2) is 24.8 Å². The monoisotopic (exact) mass is 372 g/mol. The number of carbonyl (C=O) groups is 3. The van der Waals surface area contributed by atoms with Crippen LogP contribution in [-0.2, 0) is 0 Å². The lowest BCUT2D eigenvalue weighted by Gasteiger charge is -2.14. The van der Waals surface area contributed by atoms with Gasteiger partial charge in [0.2, 0.25) is 0 Å². The van der Waals surface area contributed by atoms with Crippen molar-refractivity contribution in [2.75, 3.05) is 17.3 Å². The van der Waals surface area contributed by atoms with E-state index in [0.29, 0.717) is 22.7 Å². The van der Waals surface area contributed by atoms with Gasteiger partial charge in [0.25, 0.3) is 17.7 Å². The number of amides is 3. The molecule has 1 aliphatic rings. The number of hydrogen-bond acceptors (Lipinski definition) is 4. The predicted molar refractivity (Wildman–Crippen MR) is 105 cm³/mol. The van der Waals surface area contributed by atoms with Crippen molar-refractivity contribution in [3.8, 4) is 5.75 Å². The molecule has 1 heterocycles. The third-order valence-corrected chi connectivity index (χ3v) is 4.51. The van der Waals surface area contributed by atoms with Crippen LogP contribution >= 0.6 is 0 Å². The molecule has 1 N–H and O–H groups in total. The first-order valence-electron chi connectivity index (χ1n) is 8.62. The molecule has 3 aromatic carbocycles. The summed E-state index contributed by atoms with van der Waals surface area (Å²) in [7, 11) is 1.54. The van der Waals surface area contributed by atoms with Crippen molar-refractivity contribution in [2.24, 2.45) is 0 Å². The van der Waals surface area contributed by atoms with Crippen LogP contribution in [0.15, 0.2) is 72.8 Å². The lowest BCUT2D eigenvalue weighted by Crippen LogP contribution is -2.29. The summed E-state index contributed by atoms with van der Waals surface area (Å²) in [6.45, 7) is 0. The maximum Gasteiger partial charge on any atom is 0.266 e. The van der Waals surface area contributed by atoms with E-state index in [-0.39, 0.29) is 17.0 Å². The maximum atomic E-state index is 12.8. The van der Waals surface area contributed by atoms with Gasteiger partial charge in [0, 0.05) is 11.3 Å². The third kappa shape index (κ3) is 3.01. The largest absolute Gasteiger partial charge is 0.497 e. The Balaban J connectivity index is 1.62. The standard InChI is InChI=1S/C22H16N2O4/c1-28-17-10-8-16(9-11-17)24-21(26)18-12-7-14(13-19(18)22(24)27)20(25)23-15-5-3-2-4-6-15/h2-13H,1H3,(H,23,25). The van der Waals surface area contributed by atoms with Crippen molar-refractivity contribution < 1.29 is 19.1 Å². The average Bonchev–Trinajstić information content (AvgIpc) is 2.98. The number of ether oxygens (including phenoxy) is 1. The van der Waals surface area contributed by atoms with Crippen LogP contribution in [0.1, 0.15) is 31.1 Å². The molecule has 0 atom stereocenters. The van der Waals surface area contributed by atoms with Crippen LogP contribution in [0.5, 0.6) is 5.75 Å². The minimum Gasteiger partial charge on any atom is -0.497 e. The van der Waals surface area contributed by atoms with Crippen molar-refractivity contribution in [3.63, 3.8) is 0 Å². The van der Waals surface area contributed by atoms with Gasteiger partial charge < -0.3 is 10.1 Å². The molecule has 0 aliphatic carbocycles. The molecule has 138 valence electrons. The van der Waals surface area contributed by atoms with Gasteiger partial charge in [0.1, 0.15) is 5.75 Å². The Labute approximate surface area is 161 Å². The van der Waals surface area contributed by atoms with Crippen molar-refractivity contribution in [2.45, 2.75) is 0 Å². The summed E-state index contributed by atoms with van der Waals surface area (Å²) in [6.07, 6.45) is 0. The normalized spacial score (nSPS) is 12.7. The summed E-state index contributed by atoms with van der Waals surface area (Å²) in [6, 6.07) is 20.2. The first-order chi connectivity index (χ1) is 13.6. The molecule has 1 aliphatic heterocycles. The van der Waals surface area contributed by atoms with E-state index in [9.17, 15) is 14.4 Å². The van der Waals surface area contributed by atoms with Crippen molar-refractivity contribution >= 4 is 29.1 Å². The Hall–Kier alpha value is -3.93. The predicted octanol–water partition coefficient (Wildman–Crippen LogP) is 3.75. The number of imide groups is 1. The Kier molecular flexibility index (Phi) is 4.37. The number of rotatable bonds is 4. The first kappa shape index (κ1) is 17.5. The first-order valence-corrected chi connectivity index (χ1v) is 8.62. The quantitative estimate of drug-likeness (QED) is 0.708. The van der Waals surface area contributed by atoms with E-state index in [1.165, 1.54) is 12.1 Å². The van der Waals surface area contributed by atoms with E-state index in [1.54, 1.807) is 49.6 Å². The molecule has 4 rings (SSSR count). The molecular weight excluding hydrogens is 356 g/mol. The highest BCUT2D eigenvalue weighted by Gasteiger charge is 2.37. The second-order valence-corrected chi connectivity index (χ2v) is 6.22. The van der Waals surface area contributed by atoms with E-state index in [1.807, 2.05) is 18.2 Å². The SMILES string of the molecule is COc1ccc(N2C(=O)c3ccc(C(=O)Nc4ccccc4)cc3C2=O)cc1. The Morgan fingerprint density at radius 1 is 0.857 bits per heavy atom. The number of nitrogens with zero attached hydrogens (tertiary/aromatic N) is 1. The van der Waals surface area contributed by atoms with Gasteiger partial charge in [-0.05, 0) is 54.6 Å². The molecule has 0 aromatic heterocycles. The lowest BCUT2D eigenvalue weighted by molar-refractivity contribution is 0.0925. The minimum atomic E-state index is -0.459. The smallest absolute Gasteiger partial charge is 0.266 e. The van der Waals surface area contributed by atoms with Crippen molar-refractivity contribution in [3.05, 3.63) is 89.5 Å². The van der Waals surface area contributed by atoms with Crippen LogP contribution in [0, 0.1) is 0 Å². The Morgan fingerprint density at radius 2 is 1.54 bits per heavy atom. The van der Waals surface area contributed by atoms with Crippen LogP contribution in [0.25, 0.3) is 0 Å². The molecule has 0 saturated carbocycles. The zero-order valence-electron chi connectivity index (χ0n) is 15.0. The molecule has 6 heteroatoms. The zero-order valence-corrected chi connectivity index (χ0v) is 15.0. The van der Waals surface area contributed by atoms with Gasteiger partial charge in [-0.15, -0.1) is 0 Å². The fourth-order valence-corrected chi connectivity index (χ4v) is 3.07. The van der Waals surface area contributed by atoms with Gasteiger partial charge in [-0.1, -0.05) is 18.2 Å². The topological polar surface area (TPSA) is 75.7 Å². The summed E-state index contributed by atoms with van der Waals surface area (Å²) in [5, 5.41) is 2.77. The van der Waals surface area contributed by atoms with Gasteiger partial charge >= 0.3 is 0 Å². The van der Waals surface area contributed by atoms with E-state index >= 15 is 0 Å². The van der Waals surface area contributed by atoms with Crippen molar-refractivity contribution in [1.29, 1.82) is 0 Å². The van der Waals surface area contributed by atoms with Crippen LogP contribution < -0.4 is 15.0 Å². The highest BCUT2D eigenvalue weighted by Crippen LogP contribution is 2.30. The second-order valence-electron chi connectivity index (χ2n) is 6.22. The van der Waals surface area contributed by atoms with Crippen molar-refractivity contribution in [1.82, 2.24) is 0 Å². The summed E-state index contributed by atoms with van der Waals surface area (Å²) in [4.78, 5) is 39.1. The van der Waals surface area contributed by atoms with Crippen LogP contribution in [0.3, 0.4) is 0 Å². The van der Waals surface area contributed by atoms with Crippen LogP contribution in [0.4, 0.5) is 11.4 Å². The molecular formula is C22H16N2O4. The van der Waals surface area contributed by atoms with E-state index in [2.05, 4.69) is 5.32 Å². The van der Waals surface area contributed by atoms with E-state index < -0.39 is 11.8 Å². The Bertz CT molecular complexity index is 1080. The molecule has 0 fully saturated rings. The van der Waals surface area contributed by atoms with E-state index in [0.717, 1.165) is 4.90 Å². The molecule has 0 unspecified atom stereocenters. The summed E-state index contributed by atoms with van der Waals surface area (Å²) < 4.78 is 5.11. The number of hydrogen-bond donors (Lipinski definition) is 1. The third-order valence-electron chi connectivity index (χ3n) is 4.51. The maximum absolute atomic E-state index is 12.8. The molecule has 0 radical (unpaired) electrons. The van der Waals surface area contributed by atoms with Gasteiger partial charge in [-0.3, -0.25) is 14.4 Å². The fraction of sp³-hybridized carbons (Fsp3) is 0.0455. The number of benzene rings is 3. The molecule has 0 spiro atoms. The Morgan fingerprint density at radius 3 is 2.21 bits per heavy atom. The molecule has 0 saturated heterocycles. The number of methoxy groups -OCH3 is 1. The van der Waals surface area contributed by atoms with Gasteiger partial charge in [0.15, 0.2) is 0 Å². The number of carbonyl (C=O) groups excluding carboxylic acids is 3. The minimum absolute atomic E-state index is 0.210. The second kappa shape index (κ2) is 7.00. The zero-order chi connectivity index (χ0) is 19.7. The number of nitrogens with one attached hydrogen (secondary N) is 1. The summed E-state index contributed by atoms with van der Waals surface area (Å²) in [5.74, 6) is -0.600. The number of anilines is 2. The number of para-hydroxylation sites is 1.